The van der Waals surface area contributed by atoms with Gasteiger partial charge >= 0.3 is 5.97 Å². The quantitative estimate of drug-likeness (QED) is 0.816. The van der Waals surface area contributed by atoms with Gasteiger partial charge < -0.3 is 15.2 Å². The monoisotopic (exact) mass is 283 g/mol. The van der Waals surface area contributed by atoms with E-state index < -0.39 is 35.9 Å². The summed E-state index contributed by atoms with van der Waals surface area (Å²) in [7, 11) is 0. The predicted molar refractivity (Wildman–Crippen MR) is 70.6 cm³/mol. The van der Waals surface area contributed by atoms with Crippen LogP contribution >= 0.6 is 0 Å². The van der Waals surface area contributed by atoms with Gasteiger partial charge in [0.1, 0.15) is 11.4 Å². The molecule has 20 heavy (non-hydrogen) atoms. The van der Waals surface area contributed by atoms with E-state index in [1.54, 1.807) is 20.8 Å². The zero-order valence-corrected chi connectivity index (χ0v) is 11.6. The Labute approximate surface area is 116 Å². The number of aliphatic hydroxyl groups excluding tert-OH is 1. The minimum absolute atomic E-state index is 0.200. The summed E-state index contributed by atoms with van der Waals surface area (Å²) in [4.78, 5) is 23.6. The molecule has 0 aromatic heterocycles. The predicted octanol–water partition coefficient (Wildman–Crippen LogP) is 1.26. The van der Waals surface area contributed by atoms with Crippen LogP contribution in [0.25, 0.3) is 0 Å². The molecule has 6 heteroatoms. The fourth-order valence-electron chi connectivity index (χ4n) is 1.43. The molecule has 0 aliphatic carbocycles. The van der Waals surface area contributed by atoms with Crippen molar-refractivity contribution in [3.05, 3.63) is 35.6 Å². The van der Waals surface area contributed by atoms with Crippen molar-refractivity contribution in [2.24, 2.45) is 0 Å². The lowest BCUT2D eigenvalue weighted by atomic mass is 10.1. The Hall–Kier alpha value is -1.95. The van der Waals surface area contributed by atoms with Gasteiger partial charge in [-0.2, -0.15) is 0 Å². The van der Waals surface area contributed by atoms with E-state index in [9.17, 15) is 14.0 Å². The van der Waals surface area contributed by atoms with E-state index in [1.165, 1.54) is 18.2 Å². The lowest BCUT2D eigenvalue weighted by molar-refractivity contribution is -0.158. The van der Waals surface area contributed by atoms with E-state index in [2.05, 4.69) is 5.32 Å². The summed E-state index contributed by atoms with van der Waals surface area (Å²) in [5, 5.41) is 11.4. The maximum Gasteiger partial charge on any atom is 0.331 e. The Morgan fingerprint density at radius 3 is 2.45 bits per heavy atom. The first-order valence-corrected chi connectivity index (χ1v) is 6.13. The Kier molecular flexibility index (Phi) is 5.21. The van der Waals surface area contributed by atoms with Crippen LogP contribution in [-0.4, -0.2) is 35.2 Å². The summed E-state index contributed by atoms with van der Waals surface area (Å²) in [6.45, 7) is 4.36. The maximum absolute atomic E-state index is 13.4. The topological polar surface area (TPSA) is 75.6 Å². The molecule has 1 atom stereocenters. The highest BCUT2D eigenvalue weighted by molar-refractivity contribution is 5.97. The second-order valence-electron chi connectivity index (χ2n) is 5.22. The first-order chi connectivity index (χ1) is 9.24. The number of carbonyl (C=O) groups is 2. The minimum atomic E-state index is -1.23. The molecular weight excluding hydrogens is 265 g/mol. The second-order valence-corrected chi connectivity index (χ2v) is 5.22. The van der Waals surface area contributed by atoms with Crippen LogP contribution in [0, 0.1) is 5.82 Å². The molecule has 5 nitrogen and oxygen atoms in total. The normalized spacial score (nSPS) is 12.7. The molecule has 1 aromatic rings. The van der Waals surface area contributed by atoms with E-state index in [4.69, 9.17) is 9.84 Å². The van der Waals surface area contributed by atoms with Crippen molar-refractivity contribution in [3.63, 3.8) is 0 Å². The van der Waals surface area contributed by atoms with Crippen molar-refractivity contribution in [3.8, 4) is 0 Å². The summed E-state index contributed by atoms with van der Waals surface area (Å²) in [6, 6.07) is 4.13. The molecule has 0 radical (unpaired) electrons. The Balaban J connectivity index is 2.77. The second kappa shape index (κ2) is 6.47. The molecule has 0 heterocycles. The van der Waals surface area contributed by atoms with Gasteiger partial charge in [-0.05, 0) is 32.9 Å². The number of aliphatic hydroxyl groups is 1. The molecule has 0 spiro atoms. The third-order valence-electron chi connectivity index (χ3n) is 2.30. The molecule has 1 amide bonds. The van der Waals surface area contributed by atoms with E-state index >= 15 is 0 Å². The van der Waals surface area contributed by atoms with Gasteiger partial charge in [0, 0.05) is 0 Å². The standard InChI is InChI=1S/C14H18FNO4/c1-14(2,3)20-13(19)11(8-17)16-12(18)9-6-4-5-7-10(9)15/h4-7,11,17H,8H2,1-3H3,(H,16,18)/t11-/m0/s1. The van der Waals surface area contributed by atoms with Crippen LogP contribution in [0.2, 0.25) is 0 Å². The van der Waals surface area contributed by atoms with Crippen molar-refractivity contribution < 1.29 is 23.8 Å². The van der Waals surface area contributed by atoms with Crippen LogP contribution < -0.4 is 5.32 Å². The highest BCUT2D eigenvalue weighted by atomic mass is 19.1. The molecular formula is C14H18FNO4. The van der Waals surface area contributed by atoms with Gasteiger partial charge in [0.25, 0.3) is 5.91 Å². The lowest BCUT2D eigenvalue weighted by Gasteiger charge is -2.23. The van der Waals surface area contributed by atoms with Crippen molar-refractivity contribution in [1.29, 1.82) is 0 Å². The maximum atomic E-state index is 13.4. The number of amides is 1. The van der Waals surface area contributed by atoms with Crippen LogP contribution in [0.3, 0.4) is 0 Å². The van der Waals surface area contributed by atoms with Crippen LogP contribution in [0.5, 0.6) is 0 Å². The largest absolute Gasteiger partial charge is 0.458 e. The van der Waals surface area contributed by atoms with Gasteiger partial charge in [0.2, 0.25) is 0 Å². The smallest absolute Gasteiger partial charge is 0.331 e. The zero-order valence-electron chi connectivity index (χ0n) is 11.6. The molecule has 110 valence electrons. The third-order valence-corrected chi connectivity index (χ3v) is 2.30. The average molecular weight is 283 g/mol. The lowest BCUT2D eigenvalue weighted by Crippen LogP contribution is -2.46. The number of nitrogens with one attached hydrogen (secondary N) is 1. The minimum Gasteiger partial charge on any atom is -0.458 e. The Morgan fingerprint density at radius 1 is 1.35 bits per heavy atom. The van der Waals surface area contributed by atoms with Gasteiger partial charge in [-0.25, -0.2) is 9.18 Å². The highest BCUT2D eigenvalue weighted by Crippen LogP contribution is 2.10. The van der Waals surface area contributed by atoms with Gasteiger partial charge in [-0.1, -0.05) is 12.1 Å². The summed E-state index contributed by atoms with van der Waals surface area (Å²) >= 11 is 0. The van der Waals surface area contributed by atoms with Crippen LogP contribution in [0.1, 0.15) is 31.1 Å². The fraction of sp³-hybridized carbons (Fsp3) is 0.429. The first kappa shape index (κ1) is 16.1. The van der Waals surface area contributed by atoms with E-state index in [0.717, 1.165) is 6.07 Å². The average Bonchev–Trinajstić information content (AvgIpc) is 2.33. The SMILES string of the molecule is CC(C)(C)OC(=O)[C@H](CO)NC(=O)c1ccccc1F. The van der Waals surface area contributed by atoms with Crippen LogP contribution in [0.15, 0.2) is 24.3 Å². The van der Waals surface area contributed by atoms with Crippen LogP contribution in [0.4, 0.5) is 4.39 Å². The molecule has 0 bridgehead atoms. The molecule has 0 fully saturated rings. The van der Waals surface area contributed by atoms with E-state index in [0.29, 0.717) is 0 Å². The number of esters is 1. The molecule has 0 saturated carbocycles. The number of hydrogen-bond donors (Lipinski definition) is 2. The molecule has 1 rings (SSSR count). The summed E-state index contributed by atoms with van der Waals surface area (Å²) in [5.74, 6) is -2.26. The van der Waals surface area contributed by atoms with Crippen molar-refractivity contribution in [2.45, 2.75) is 32.4 Å². The van der Waals surface area contributed by atoms with Gasteiger partial charge in [-0.15, -0.1) is 0 Å². The Morgan fingerprint density at radius 2 is 1.95 bits per heavy atom. The zero-order chi connectivity index (χ0) is 15.3. The molecule has 0 aliphatic heterocycles. The van der Waals surface area contributed by atoms with Gasteiger partial charge in [-0.3, -0.25) is 4.79 Å². The van der Waals surface area contributed by atoms with Gasteiger partial charge in [0.15, 0.2) is 6.04 Å². The molecule has 0 aliphatic rings. The number of hydrogen-bond acceptors (Lipinski definition) is 4. The van der Waals surface area contributed by atoms with Crippen LogP contribution in [-0.2, 0) is 9.53 Å². The van der Waals surface area contributed by atoms with Crippen molar-refractivity contribution in [1.82, 2.24) is 5.32 Å². The number of benzene rings is 1. The Bertz CT molecular complexity index is 496. The van der Waals surface area contributed by atoms with Crippen molar-refractivity contribution in [2.75, 3.05) is 6.61 Å². The van der Waals surface area contributed by atoms with E-state index in [-0.39, 0.29) is 5.56 Å². The molecule has 0 unspecified atom stereocenters. The highest BCUT2D eigenvalue weighted by Gasteiger charge is 2.27. The molecule has 0 saturated heterocycles. The number of halogens is 1. The number of carbonyl (C=O) groups excluding carboxylic acids is 2. The van der Waals surface area contributed by atoms with E-state index in [1.807, 2.05) is 0 Å². The fourth-order valence-corrected chi connectivity index (χ4v) is 1.43. The first-order valence-electron chi connectivity index (χ1n) is 6.13. The summed E-state index contributed by atoms with van der Waals surface area (Å²) in [6.07, 6.45) is 0. The van der Waals surface area contributed by atoms with Gasteiger partial charge in [0.05, 0.1) is 12.2 Å². The molecule has 1 aromatic carbocycles. The number of rotatable bonds is 4. The third kappa shape index (κ3) is 4.62. The molecule has 2 N–H and O–H groups in total. The van der Waals surface area contributed by atoms with Crippen molar-refractivity contribution >= 4 is 11.9 Å². The summed E-state index contributed by atoms with van der Waals surface area (Å²) in [5.41, 5.74) is -0.942. The number of ether oxygens (including phenoxy) is 1. The summed E-state index contributed by atoms with van der Waals surface area (Å²) < 4.78 is 18.5.